The van der Waals surface area contributed by atoms with Gasteiger partial charge < -0.3 is 10.2 Å². The SMILES string of the molecule is C[C@H]1C[C@@H](C(=O)N(C)CC2CC2)CCN1. The summed E-state index contributed by atoms with van der Waals surface area (Å²) in [6.45, 7) is 4.15. The molecule has 2 rings (SSSR count). The van der Waals surface area contributed by atoms with Crippen LogP contribution >= 0.6 is 0 Å². The molecule has 0 aromatic heterocycles. The van der Waals surface area contributed by atoms with E-state index < -0.39 is 0 Å². The first kappa shape index (κ1) is 10.9. The van der Waals surface area contributed by atoms with Gasteiger partial charge in [0, 0.05) is 25.6 Å². The fourth-order valence-electron chi connectivity index (χ4n) is 2.45. The van der Waals surface area contributed by atoms with E-state index in [1.807, 2.05) is 11.9 Å². The van der Waals surface area contributed by atoms with Crippen molar-refractivity contribution < 1.29 is 4.79 Å². The molecule has 1 saturated carbocycles. The fraction of sp³-hybridized carbons (Fsp3) is 0.917. The molecule has 1 aliphatic carbocycles. The van der Waals surface area contributed by atoms with Gasteiger partial charge in [-0.1, -0.05) is 0 Å². The van der Waals surface area contributed by atoms with Crippen LogP contribution in [0.4, 0.5) is 0 Å². The molecule has 3 nitrogen and oxygen atoms in total. The number of rotatable bonds is 3. The van der Waals surface area contributed by atoms with Crippen LogP contribution in [0.2, 0.25) is 0 Å². The Hall–Kier alpha value is -0.570. The molecule has 0 aromatic rings. The van der Waals surface area contributed by atoms with E-state index in [2.05, 4.69) is 12.2 Å². The molecule has 15 heavy (non-hydrogen) atoms. The number of amides is 1. The summed E-state index contributed by atoms with van der Waals surface area (Å²) < 4.78 is 0. The smallest absolute Gasteiger partial charge is 0.225 e. The Morgan fingerprint density at radius 2 is 2.13 bits per heavy atom. The molecule has 1 heterocycles. The molecule has 1 N–H and O–H groups in total. The van der Waals surface area contributed by atoms with Gasteiger partial charge in [0.15, 0.2) is 0 Å². The highest BCUT2D eigenvalue weighted by atomic mass is 16.2. The van der Waals surface area contributed by atoms with Crippen molar-refractivity contribution in [3.05, 3.63) is 0 Å². The Kier molecular flexibility index (Phi) is 3.29. The van der Waals surface area contributed by atoms with Crippen LogP contribution < -0.4 is 5.32 Å². The molecule has 1 aliphatic heterocycles. The van der Waals surface area contributed by atoms with E-state index in [0.717, 1.165) is 31.8 Å². The van der Waals surface area contributed by atoms with Gasteiger partial charge in [-0.2, -0.15) is 0 Å². The van der Waals surface area contributed by atoms with Crippen molar-refractivity contribution in [2.24, 2.45) is 11.8 Å². The number of hydrogen-bond donors (Lipinski definition) is 1. The minimum atomic E-state index is 0.269. The Balaban J connectivity index is 1.82. The second-order valence-corrected chi connectivity index (χ2v) is 5.24. The van der Waals surface area contributed by atoms with Crippen molar-refractivity contribution in [3.8, 4) is 0 Å². The van der Waals surface area contributed by atoms with Crippen LogP contribution in [0.1, 0.15) is 32.6 Å². The van der Waals surface area contributed by atoms with Gasteiger partial charge in [0.2, 0.25) is 5.91 Å². The molecular formula is C12H22N2O. The topological polar surface area (TPSA) is 32.3 Å². The van der Waals surface area contributed by atoms with E-state index in [-0.39, 0.29) is 5.92 Å². The highest BCUT2D eigenvalue weighted by molar-refractivity contribution is 5.78. The molecule has 3 heteroatoms. The summed E-state index contributed by atoms with van der Waals surface area (Å²) in [6.07, 6.45) is 4.66. The molecule has 0 radical (unpaired) electrons. The first-order valence-electron chi connectivity index (χ1n) is 6.15. The Morgan fingerprint density at radius 3 is 2.73 bits per heavy atom. The summed E-state index contributed by atoms with van der Waals surface area (Å²) in [4.78, 5) is 14.1. The van der Waals surface area contributed by atoms with Crippen molar-refractivity contribution in [1.82, 2.24) is 10.2 Å². The maximum Gasteiger partial charge on any atom is 0.225 e. The summed E-state index contributed by atoms with van der Waals surface area (Å²) >= 11 is 0. The van der Waals surface area contributed by atoms with Crippen LogP contribution in [-0.4, -0.2) is 37.0 Å². The van der Waals surface area contributed by atoms with Crippen molar-refractivity contribution in [1.29, 1.82) is 0 Å². The zero-order valence-electron chi connectivity index (χ0n) is 9.83. The summed E-state index contributed by atoms with van der Waals surface area (Å²) in [6, 6.07) is 0.502. The van der Waals surface area contributed by atoms with Crippen molar-refractivity contribution in [2.75, 3.05) is 20.1 Å². The van der Waals surface area contributed by atoms with Gasteiger partial charge >= 0.3 is 0 Å². The highest BCUT2D eigenvalue weighted by Crippen LogP contribution is 2.30. The maximum absolute atomic E-state index is 12.1. The maximum atomic E-state index is 12.1. The number of carbonyl (C=O) groups is 1. The second-order valence-electron chi connectivity index (χ2n) is 5.24. The van der Waals surface area contributed by atoms with Crippen LogP contribution in [0.15, 0.2) is 0 Å². The lowest BCUT2D eigenvalue weighted by atomic mass is 9.92. The summed E-state index contributed by atoms with van der Waals surface area (Å²) in [5.74, 6) is 1.44. The van der Waals surface area contributed by atoms with Crippen LogP contribution in [0.25, 0.3) is 0 Å². The van der Waals surface area contributed by atoms with E-state index in [1.54, 1.807) is 0 Å². The molecule has 2 atom stereocenters. The first-order chi connectivity index (χ1) is 7.16. The largest absolute Gasteiger partial charge is 0.345 e. The van der Waals surface area contributed by atoms with Gasteiger partial charge in [0.05, 0.1) is 0 Å². The van der Waals surface area contributed by atoms with Crippen molar-refractivity contribution in [3.63, 3.8) is 0 Å². The minimum Gasteiger partial charge on any atom is -0.345 e. The van der Waals surface area contributed by atoms with Crippen molar-refractivity contribution >= 4 is 5.91 Å². The average Bonchev–Trinajstić information content (AvgIpc) is 3.00. The number of nitrogens with one attached hydrogen (secondary N) is 1. The predicted molar refractivity (Wildman–Crippen MR) is 60.5 cm³/mol. The predicted octanol–water partition coefficient (Wildman–Crippen LogP) is 1.24. The summed E-state index contributed by atoms with van der Waals surface area (Å²) in [5.41, 5.74) is 0. The van der Waals surface area contributed by atoms with E-state index >= 15 is 0 Å². The van der Waals surface area contributed by atoms with Gasteiger partial charge in [-0.25, -0.2) is 0 Å². The quantitative estimate of drug-likeness (QED) is 0.760. The van der Waals surface area contributed by atoms with Gasteiger partial charge in [-0.15, -0.1) is 0 Å². The number of nitrogens with zero attached hydrogens (tertiary/aromatic N) is 1. The zero-order chi connectivity index (χ0) is 10.8. The normalized spacial score (nSPS) is 31.3. The Labute approximate surface area is 92.2 Å². The van der Waals surface area contributed by atoms with Crippen molar-refractivity contribution in [2.45, 2.75) is 38.6 Å². The molecule has 2 aliphatic rings. The standard InChI is InChI=1S/C12H22N2O/c1-9-7-11(5-6-13-9)12(15)14(2)8-10-3-4-10/h9-11,13H,3-8H2,1-2H3/t9-,11-/m0/s1. The molecule has 86 valence electrons. The van der Waals surface area contributed by atoms with E-state index in [1.165, 1.54) is 12.8 Å². The second kappa shape index (κ2) is 4.52. The van der Waals surface area contributed by atoms with Gasteiger partial charge in [0.25, 0.3) is 0 Å². The molecule has 1 amide bonds. The average molecular weight is 210 g/mol. The van der Waals surface area contributed by atoms with Gasteiger partial charge in [0.1, 0.15) is 0 Å². The van der Waals surface area contributed by atoms with Crippen LogP contribution in [0, 0.1) is 11.8 Å². The molecule has 0 unspecified atom stereocenters. The lowest BCUT2D eigenvalue weighted by Gasteiger charge is -2.30. The Bertz CT molecular complexity index is 238. The summed E-state index contributed by atoms with van der Waals surface area (Å²) in [7, 11) is 1.97. The molecular weight excluding hydrogens is 188 g/mol. The first-order valence-corrected chi connectivity index (χ1v) is 6.15. The number of piperidine rings is 1. The third-order valence-corrected chi connectivity index (χ3v) is 3.58. The van der Waals surface area contributed by atoms with Gasteiger partial charge in [-0.05, 0) is 45.1 Å². The monoisotopic (exact) mass is 210 g/mol. The molecule has 0 spiro atoms. The minimum absolute atomic E-state index is 0.269. The lowest BCUT2D eigenvalue weighted by molar-refractivity contribution is -0.135. The third kappa shape index (κ3) is 2.94. The highest BCUT2D eigenvalue weighted by Gasteiger charge is 2.30. The van der Waals surface area contributed by atoms with Crippen LogP contribution in [-0.2, 0) is 4.79 Å². The van der Waals surface area contributed by atoms with Crippen LogP contribution in [0.5, 0.6) is 0 Å². The third-order valence-electron chi connectivity index (χ3n) is 3.58. The van der Waals surface area contributed by atoms with E-state index in [0.29, 0.717) is 11.9 Å². The van der Waals surface area contributed by atoms with Gasteiger partial charge in [-0.3, -0.25) is 4.79 Å². The van der Waals surface area contributed by atoms with Crippen LogP contribution in [0.3, 0.4) is 0 Å². The molecule has 0 aromatic carbocycles. The summed E-state index contributed by atoms with van der Waals surface area (Å²) in [5, 5.41) is 3.39. The Morgan fingerprint density at radius 1 is 1.40 bits per heavy atom. The zero-order valence-corrected chi connectivity index (χ0v) is 9.83. The molecule has 1 saturated heterocycles. The fourth-order valence-corrected chi connectivity index (χ4v) is 2.45. The lowest BCUT2D eigenvalue weighted by Crippen LogP contribution is -2.43. The van der Waals surface area contributed by atoms with E-state index in [4.69, 9.17) is 0 Å². The molecule has 0 bridgehead atoms. The number of hydrogen-bond acceptors (Lipinski definition) is 2. The molecule has 2 fully saturated rings. The number of carbonyl (C=O) groups excluding carboxylic acids is 1. The van der Waals surface area contributed by atoms with E-state index in [9.17, 15) is 4.79 Å².